The van der Waals surface area contributed by atoms with Crippen LogP contribution in [0.2, 0.25) is 0 Å². The monoisotopic (exact) mass is 228 g/mol. The third-order valence-electron chi connectivity index (χ3n) is 2.07. The fourth-order valence-electron chi connectivity index (χ4n) is 1.20. The van der Waals surface area contributed by atoms with Crippen LogP contribution in [0.15, 0.2) is 18.2 Å². The highest BCUT2D eigenvalue weighted by atomic mass is 16.5. The summed E-state index contributed by atoms with van der Waals surface area (Å²) in [4.78, 5) is 10.9. The van der Waals surface area contributed by atoms with Crippen LogP contribution in [0.4, 0.5) is 0 Å². The van der Waals surface area contributed by atoms with E-state index in [0.717, 1.165) is 13.2 Å². The van der Waals surface area contributed by atoms with Gasteiger partial charge in [0, 0.05) is 11.6 Å². The van der Waals surface area contributed by atoms with E-state index in [2.05, 4.69) is 4.74 Å². The molecule has 0 fully saturated rings. The molecule has 1 rings (SSSR count). The Bertz CT molecular complexity index is 389. The minimum absolute atomic E-state index is 0.0734. The predicted molar refractivity (Wildman–Crippen MR) is 52.8 cm³/mol. The molecule has 0 amide bonds. The van der Waals surface area contributed by atoms with Crippen LogP contribution in [0.25, 0.3) is 0 Å². The molecule has 0 aliphatic carbocycles. The van der Waals surface area contributed by atoms with Crippen molar-refractivity contribution in [1.82, 2.24) is 0 Å². The highest BCUT2D eigenvalue weighted by Gasteiger charge is 2.28. The minimum Gasteiger partial charge on any atom is -0.508 e. The van der Waals surface area contributed by atoms with Crippen LogP contribution in [0.1, 0.15) is 11.7 Å². The molecule has 0 saturated heterocycles. The van der Waals surface area contributed by atoms with Crippen molar-refractivity contribution in [1.29, 1.82) is 0 Å². The molecule has 0 aliphatic rings. The van der Waals surface area contributed by atoms with E-state index in [1.807, 2.05) is 0 Å². The molecule has 0 aliphatic heterocycles. The van der Waals surface area contributed by atoms with Crippen molar-refractivity contribution in [2.75, 3.05) is 7.11 Å². The van der Waals surface area contributed by atoms with Gasteiger partial charge in [0.25, 0.3) is 0 Å². The molecule has 1 aromatic carbocycles. The van der Waals surface area contributed by atoms with Gasteiger partial charge in [-0.2, -0.15) is 0 Å². The lowest BCUT2D eigenvalue weighted by Gasteiger charge is -2.16. The van der Waals surface area contributed by atoms with E-state index in [0.29, 0.717) is 0 Å². The number of carbonyl (C=O) groups excluding carboxylic acids is 1. The van der Waals surface area contributed by atoms with E-state index in [1.54, 1.807) is 0 Å². The number of ether oxygens (including phenoxy) is 1. The van der Waals surface area contributed by atoms with Gasteiger partial charge in [-0.3, -0.25) is 0 Å². The quantitative estimate of drug-likeness (QED) is 0.527. The van der Waals surface area contributed by atoms with Crippen LogP contribution in [0.3, 0.4) is 0 Å². The Morgan fingerprint density at radius 3 is 2.44 bits per heavy atom. The number of aliphatic hydroxyl groups excluding tert-OH is 2. The predicted octanol–water partition coefficient (Wildman–Crippen LogP) is -0.335. The number of phenols is 2. The van der Waals surface area contributed by atoms with Crippen LogP contribution >= 0.6 is 0 Å². The number of benzene rings is 1. The van der Waals surface area contributed by atoms with Crippen LogP contribution < -0.4 is 0 Å². The van der Waals surface area contributed by atoms with E-state index in [-0.39, 0.29) is 11.3 Å². The zero-order valence-electron chi connectivity index (χ0n) is 8.49. The highest BCUT2D eigenvalue weighted by Crippen LogP contribution is 2.29. The van der Waals surface area contributed by atoms with Crippen LogP contribution in [0, 0.1) is 0 Å². The number of aliphatic hydroxyl groups is 2. The average Bonchev–Trinajstić information content (AvgIpc) is 2.26. The third-order valence-corrected chi connectivity index (χ3v) is 2.07. The van der Waals surface area contributed by atoms with Gasteiger partial charge in [-0.05, 0) is 12.1 Å². The molecule has 4 N–H and O–H groups in total. The number of esters is 1. The molecule has 88 valence electrons. The Hall–Kier alpha value is -1.79. The molecule has 0 saturated carbocycles. The first kappa shape index (κ1) is 12.3. The van der Waals surface area contributed by atoms with Gasteiger partial charge in [-0.15, -0.1) is 0 Å². The number of hydrogen-bond donors (Lipinski definition) is 4. The van der Waals surface area contributed by atoms with Gasteiger partial charge in [0.05, 0.1) is 7.11 Å². The SMILES string of the molecule is COC(=O)C(O)C(O)c1ccc(O)cc1O. The topological polar surface area (TPSA) is 107 Å². The standard InChI is InChI=1S/C10H12O6/c1-16-10(15)9(14)8(13)6-3-2-5(11)4-7(6)12/h2-4,8-9,11-14H,1H3. The molecule has 1 aromatic rings. The Balaban J connectivity index is 2.96. The van der Waals surface area contributed by atoms with Crippen molar-refractivity contribution in [3.63, 3.8) is 0 Å². The van der Waals surface area contributed by atoms with Gasteiger partial charge in [0.15, 0.2) is 6.10 Å². The molecule has 0 bridgehead atoms. The summed E-state index contributed by atoms with van der Waals surface area (Å²) in [6.07, 6.45) is -3.41. The number of phenolic OH excluding ortho intramolecular Hbond substituents is 2. The van der Waals surface area contributed by atoms with Crippen molar-refractivity contribution in [3.05, 3.63) is 23.8 Å². The van der Waals surface area contributed by atoms with E-state index < -0.39 is 23.9 Å². The zero-order chi connectivity index (χ0) is 12.3. The van der Waals surface area contributed by atoms with Crippen molar-refractivity contribution < 1.29 is 30.0 Å². The fourth-order valence-corrected chi connectivity index (χ4v) is 1.20. The number of hydrogen-bond acceptors (Lipinski definition) is 6. The van der Waals surface area contributed by atoms with Gasteiger partial charge >= 0.3 is 5.97 Å². The largest absolute Gasteiger partial charge is 0.508 e. The summed E-state index contributed by atoms with van der Waals surface area (Å²) in [5, 5.41) is 37.3. The summed E-state index contributed by atoms with van der Waals surface area (Å²) in [6.45, 7) is 0. The molecule has 0 spiro atoms. The third kappa shape index (κ3) is 2.41. The number of rotatable bonds is 3. The first-order valence-corrected chi connectivity index (χ1v) is 4.43. The summed E-state index contributed by atoms with van der Waals surface area (Å²) >= 11 is 0. The van der Waals surface area contributed by atoms with Crippen molar-refractivity contribution in [2.45, 2.75) is 12.2 Å². The van der Waals surface area contributed by atoms with Crippen LogP contribution in [-0.4, -0.2) is 39.6 Å². The van der Waals surface area contributed by atoms with Crippen LogP contribution in [-0.2, 0) is 9.53 Å². The van der Waals surface area contributed by atoms with Crippen LogP contribution in [0.5, 0.6) is 11.5 Å². The Morgan fingerprint density at radius 2 is 1.94 bits per heavy atom. The highest BCUT2D eigenvalue weighted by molar-refractivity contribution is 5.75. The fraction of sp³-hybridized carbons (Fsp3) is 0.300. The van der Waals surface area contributed by atoms with Gasteiger partial charge in [-0.1, -0.05) is 0 Å². The molecule has 6 heteroatoms. The number of methoxy groups -OCH3 is 1. The van der Waals surface area contributed by atoms with E-state index in [1.165, 1.54) is 12.1 Å². The second-order valence-corrected chi connectivity index (χ2v) is 3.16. The van der Waals surface area contributed by atoms with E-state index in [4.69, 9.17) is 5.11 Å². The van der Waals surface area contributed by atoms with Gasteiger partial charge in [0.1, 0.15) is 17.6 Å². The first-order chi connectivity index (χ1) is 7.47. The van der Waals surface area contributed by atoms with Gasteiger partial charge in [0.2, 0.25) is 0 Å². The average molecular weight is 228 g/mol. The summed E-state index contributed by atoms with van der Waals surface area (Å²) in [5.74, 6) is -1.63. The number of aromatic hydroxyl groups is 2. The molecule has 0 heterocycles. The molecule has 0 radical (unpaired) electrons. The summed E-state index contributed by atoms with van der Waals surface area (Å²) in [5.41, 5.74) is -0.0734. The minimum atomic E-state index is -1.79. The Kier molecular flexibility index (Phi) is 3.70. The maximum absolute atomic E-state index is 10.9. The Labute approximate surface area is 91.3 Å². The summed E-state index contributed by atoms with van der Waals surface area (Å²) in [6, 6.07) is 3.40. The lowest BCUT2D eigenvalue weighted by atomic mass is 10.0. The molecule has 16 heavy (non-hydrogen) atoms. The maximum atomic E-state index is 10.9. The second-order valence-electron chi connectivity index (χ2n) is 3.16. The molecule has 0 aromatic heterocycles. The summed E-state index contributed by atoms with van der Waals surface area (Å²) < 4.78 is 4.24. The normalized spacial score (nSPS) is 14.2. The van der Waals surface area contributed by atoms with E-state index in [9.17, 15) is 20.1 Å². The summed E-state index contributed by atoms with van der Waals surface area (Å²) in [7, 11) is 1.06. The molecular formula is C10H12O6. The molecular weight excluding hydrogens is 216 g/mol. The van der Waals surface area contributed by atoms with E-state index >= 15 is 0 Å². The smallest absolute Gasteiger partial charge is 0.337 e. The maximum Gasteiger partial charge on any atom is 0.337 e. The lowest BCUT2D eigenvalue weighted by Crippen LogP contribution is -2.29. The second kappa shape index (κ2) is 4.82. The van der Waals surface area contributed by atoms with Crippen molar-refractivity contribution in [3.8, 4) is 11.5 Å². The molecule has 2 atom stereocenters. The number of carbonyl (C=O) groups is 1. The lowest BCUT2D eigenvalue weighted by molar-refractivity contribution is -0.156. The zero-order valence-corrected chi connectivity index (χ0v) is 8.49. The van der Waals surface area contributed by atoms with Gasteiger partial charge < -0.3 is 25.2 Å². The molecule has 6 nitrogen and oxygen atoms in total. The first-order valence-electron chi connectivity index (χ1n) is 4.43. The molecule has 2 unspecified atom stereocenters. The van der Waals surface area contributed by atoms with Crippen molar-refractivity contribution in [2.24, 2.45) is 0 Å². The van der Waals surface area contributed by atoms with Gasteiger partial charge in [-0.25, -0.2) is 4.79 Å². The van der Waals surface area contributed by atoms with Crippen molar-refractivity contribution >= 4 is 5.97 Å². The Morgan fingerprint density at radius 1 is 1.31 bits per heavy atom.